The first-order valence-electron chi connectivity index (χ1n) is 11.2. The molecule has 2 rings (SSSR count). The Labute approximate surface area is 171 Å². The molecule has 0 aliphatic heterocycles. The van der Waals surface area contributed by atoms with Gasteiger partial charge >= 0.3 is 0 Å². The Morgan fingerprint density at radius 1 is 0.857 bits per heavy atom. The first-order valence-corrected chi connectivity index (χ1v) is 11.2. The lowest BCUT2D eigenvalue weighted by molar-refractivity contribution is 0.109. The van der Waals surface area contributed by atoms with Gasteiger partial charge in [-0.3, -0.25) is 0 Å². The Kier molecular flexibility index (Phi) is 10.4. The molecule has 3 heteroatoms. The summed E-state index contributed by atoms with van der Waals surface area (Å²) in [5, 5.41) is 13.4. The fourth-order valence-electron chi connectivity index (χ4n) is 3.95. The summed E-state index contributed by atoms with van der Waals surface area (Å²) in [5.74, 6) is 0.781. The van der Waals surface area contributed by atoms with Crippen LogP contribution in [0.3, 0.4) is 0 Å². The highest BCUT2D eigenvalue weighted by molar-refractivity contribution is 5.88. The van der Waals surface area contributed by atoms with E-state index in [2.05, 4.69) is 36.9 Å². The molecule has 0 radical (unpaired) electrons. The maximum atomic E-state index is 11.2. The van der Waals surface area contributed by atoms with Crippen LogP contribution in [-0.2, 0) is 0 Å². The van der Waals surface area contributed by atoms with Crippen molar-refractivity contribution in [2.75, 3.05) is 26.7 Å². The fraction of sp³-hybridized carbons (Fsp3) is 0.600. The van der Waals surface area contributed by atoms with Crippen LogP contribution in [-0.4, -0.2) is 36.8 Å². The largest absolute Gasteiger partial charge is 0.496 e. The minimum atomic E-state index is -0.543. The molecule has 0 amide bonds. The summed E-state index contributed by atoms with van der Waals surface area (Å²) < 4.78 is 5.60. The van der Waals surface area contributed by atoms with E-state index < -0.39 is 6.10 Å². The highest BCUT2D eigenvalue weighted by Crippen LogP contribution is 2.33. The summed E-state index contributed by atoms with van der Waals surface area (Å²) in [4.78, 5) is 2.46. The van der Waals surface area contributed by atoms with Gasteiger partial charge in [-0.2, -0.15) is 0 Å². The topological polar surface area (TPSA) is 32.7 Å². The Bertz CT molecular complexity index is 673. The minimum absolute atomic E-state index is 0.543. The molecule has 0 saturated carbocycles. The molecule has 156 valence electrons. The Balaban J connectivity index is 2.12. The molecule has 0 fully saturated rings. The zero-order valence-electron chi connectivity index (χ0n) is 18.1. The molecule has 1 N–H and O–H groups in total. The van der Waals surface area contributed by atoms with Crippen LogP contribution in [0.5, 0.6) is 5.75 Å². The second-order valence-corrected chi connectivity index (χ2v) is 7.84. The molecule has 0 spiro atoms. The quantitative estimate of drug-likeness (QED) is 0.385. The van der Waals surface area contributed by atoms with E-state index in [0.717, 1.165) is 35.2 Å². The molecule has 0 aliphatic rings. The summed E-state index contributed by atoms with van der Waals surface area (Å²) in [5.41, 5.74) is 0.924. The number of unbranched alkanes of at least 4 members (excludes halogenated alkanes) is 6. The van der Waals surface area contributed by atoms with Gasteiger partial charge in [-0.15, -0.1) is 0 Å². The molecule has 0 aliphatic carbocycles. The molecule has 0 bridgehead atoms. The second kappa shape index (κ2) is 12.8. The molecule has 2 aromatic rings. The molecular formula is C25H39NO2. The van der Waals surface area contributed by atoms with Gasteiger partial charge in [0, 0.05) is 12.1 Å². The van der Waals surface area contributed by atoms with E-state index in [9.17, 15) is 5.11 Å². The molecule has 1 atom stereocenters. The third-order valence-electron chi connectivity index (χ3n) is 5.57. The van der Waals surface area contributed by atoms with Gasteiger partial charge in [0.1, 0.15) is 5.75 Å². The van der Waals surface area contributed by atoms with Crippen LogP contribution in [0.2, 0.25) is 0 Å². The third-order valence-corrected chi connectivity index (χ3v) is 5.57. The van der Waals surface area contributed by atoms with Gasteiger partial charge < -0.3 is 14.7 Å². The molecule has 2 aromatic carbocycles. The van der Waals surface area contributed by atoms with Crippen molar-refractivity contribution >= 4 is 10.8 Å². The van der Waals surface area contributed by atoms with Crippen molar-refractivity contribution in [3.05, 3.63) is 42.0 Å². The molecule has 0 saturated heterocycles. The fourth-order valence-corrected chi connectivity index (χ4v) is 3.95. The second-order valence-electron chi connectivity index (χ2n) is 7.84. The van der Waals surface area contributed by atoms with Gasteiger partial charge in [0.25, 0.3) is 0 Å². The van der Waals surface area contributed by atoms with Crippen LogP contribution in [0, 0.1) is 0 Å². The monoisotopic (exact) mass is 385 g/mol. The van der Waals surface area contributed by atoms with E-state index in [4.69, 9.17) is 4.74 Å². The smallest absolute Gasteiger partial charge is 0.125 e. The summed E-state index contributed by atoms with van der Waals surface area (Å²) in [6, 6.07) is 12.3. The zero-order valence-corrected chi connectivity index (χ0v) is 18.1. The predicted molar refractivity (Wildman–Crippen MR) is 120 cm³/mol. The highest BCUT2D eigenvalue weighted by atomic mass is 16.5. The molecular weight excluding hydrogens is 346 g/mol. The number of hydrogen-bond donors (Lipinski definition) is 1. The predicted octanol–water partition coefficient (Wildman–Crippen LogP) is 6.34. The summed E-state index contributed by atoms with van der Waals surface area (Å²) in [7, 11) is 1.69. The van der Waals surface area contributed by atoms with Crippen molar-refractivity contribution < 1.29 is 9.84 Å². The van der Waals surface area contributed by atoms with Crippen molar-refractivity contribution in [3.63, 3.8) is 0 Å². The average molecular weight is 386 g/mol. The van der Waals surface area contributed by atoms with Crippen LogP contribution in [0.4, 0.5) is 0 Å². The van der Waals surface area contributed by atoms with Crippen LogP contribution >= 0.6 is 0 Å². The Morgan fingerprint density at radius 3 is 2.11 bits per heavy atom. The lowest BCUT2D eigenvalue weighted by Crippen LogP contribution is -2.31. The maximum absolute atomic E-state index is 11.2. The van der Waals surface area contributed by atoms with Gasteiger partial charge in [0.2, 0.25) is 0 Å². The molecule has 0 aromatic heterocycles. The molecule has 1 unspecified atom stereocenters. The average Bonchev–Trinajstić information content (AvgIpc) is 2.72. The SMILES string of the molecule is CCCCCCN(CCCCCC)CC(O)c1c(OC)ccc2ccccc12. The van der Waals surface area contributed by atoms with Crippen molar-refractivity contribution in [3.8, 4) is 5.75 Å². The van der Waals surface area contributed by atoms with Crippen LogP contribution in [0.25, 0.3) is 10.8 Å². The number of aliphatic hydroxyl groups excluding tert-OH is 1. The van der Waals surface area contributed by atoms with Gasteiger partial charge in [-0.05, 0) is 42.8 Å². The number of aliphatic hydroxyl groups is 1. The lowest BCUT2D eigenvalue weighted by atomic mass is 9.98. The maximum Gasteiger partial charge on any atom is 0.125 e. The third kappa shape index (κ3) is 6.79. The number of methoxy groups -OCH3 is 1. The first kappa shape index (κ1) is 22.7. The van der Waals surface area contributed by atoms with Gasteiger partial charge in [0.15, 0.2) is 0 Å². The Hall–Kier alpha value is -1.58. The number of ether oxygens (including phenoxy) is 1. The van der Waals surface area contributed by atoms with Crippen LogP contribution in [0.1, 0.15) is 76.9 Å². The summed E-state index contributed by atoms with van der Waals surface area (Å²) >= 11 is 0. The van der Waals surface area contributed by atoms with Crippen molar-refractivity contribution in [2.45, 2.75) is 71.3 Å². The van der Waals surface area contributed by atoms with E-state index in [1.165, 1.54) is 51.4 Å². The van der Waals surface area contributed by atoms with Crippen LogP contribution in [0.15, 0.2) is 36.4 Å². The minimum Gasteiger partial charge on any atom is -0.496 e. The van der Waals surface area contributed by atoms with E-state index in [-0.39, 0.29) is 0 Å². The zero-order chi connectivity index (χ0) is 20.2. The summed E-state index contributed by atoms with van der Waals surface area (Å²) in [6.45, 7) is 7.30. The van der Waals surface area contributed by atoms with Gasteiger partial charge in [-0.25, -0.2) is 0 Å². The van der Waals surface area contributed by atoms with E-state index in [1.807, 2.05) is 18.2 Å². The van der Waals surface area contributed by atoms with E-state index in [0.29, 0.717) is 6.54 Å². The molecule has 0 heterocycles. The standard InChI is InChI=1S/C25H39NO2/c1-4-6-8-12-18-26(19-13-9-7-5-2)20-23(27)25-22-15-11-10-14-21(22)16-17-24(25)28-3/h10-11,14-17,23,27H,4-9,12-13,18-20H2,1-3H3. The molecule has 28 heavy (non-hydrogen) atoms. The lowest BCUT2D eigenvalue weighted by Gasteiger charge is -2.27. The van der Waals surface area contributed by atoms with Gasteiger partial charge in [-0.1, -0.05) is 82.7 Å². The first-order chi connectivity index (χ1) is 13.7. The number of nitrogens with zero attached hydrogens (tertiary/aromatic N) is 1. The number of rotatable bonds is 14. The van der Waals surface area contributed by atoms with Crippen molar-refractivity contribution in [2.24, 2.45) is 0 Å². The number of benzene rings is 2. The number of fused-ring (bicyclic) bond motifs is 1. The van der Waals surface area contributed by atoms with Crippen molar-refractivity contribution in [1.82, 2.24) is 4.90 Å². The number of hydrogen-bond acceptors (Lipinski definition) is 3. The summed E-state index contributed by atoms with van der Waals surface area (Å²) in [6.07, 6.45) is 9.53. The normalized spacial score (nSPS) is 12.6. The van der Waals surface area contributed by atoms with E-state index >= 15 is 0 Å². The van der Waals surface area contributed by atoms with Crippen molar-refractivity contribution in [1.29, 1.82) is 0 Å². The van der Waals surface area contributed by atoms with E-state index in [1.54, 1.807) is 7.11 Å². The van der Waals surface area contributed by atoms with Gasteiger partial charge in [0.05, 0.1) is 13.2 Å². The highest BCUT2D eigenvalue weighted by Gasteiger charge is 2.20. The Morgan fingerprint density at radius 2 is 1.50 bits per heavy atom. The van der Waals surface area contributed by atoms with Crippen LogP contribution < -0.4 is 4.74 Å². The molecule has 3 nitrogen and oxygen atoms in total.